The van der Waals surface area contributed by atoms with Gasteiger partial charge >= 0.3 is 0 Å². The minimum absolute atomic E-state index is 0.0171. The maximum absolute atomic E-state index is 13.9. The lowest BCUT2D eigenvalue weighted by molar-refractivity contribution is -0.161. The predicted molar refractivity (Wildman–Crippen MR) is 112 cm³/mol. The SMILES string of the molecule is CC1c2nc(CC(=O)N3CC=CC3)cn2CCN1C(=O)C12CC3CC(CC(C3)C1)C2. The van der Waals surface area contributed by atoms with Crippen LogP contribution in [0.3, 0.4) is 0 Å². The summed E-state index contributed by atoms with van der Waals surface area (Å²) in [5, 5.41) is 0. The zero-order valence-corrected chi connectivity index (χ0v) is 17.9. The second-order valence-corrected chi connectivity index (χ2v) is 10.6. The summed E-state index contributed by atoms with van der Waals surface area (Å²) in [7, 11) is 0. The number of amides is 2. The van der Waals surface area contributed by atoms with Crippen molar-refractivity contribution in [1.29, 1.82) is 0 Å². The van der Waals surface area contributed by atoms with Crippen molar-refractivity contribution in [2.24, 2.45) is 23.2 Å². The predicted octanol–water partition coefficient (Wildman–Crippen LogP) is 2.94. The van der Waals surface area contributed by atoms with E-state index in [9.17, 15) is 9.59 Å². The van der Waals surface area contributed by atoms with Crippen LogP contribution in [-0.4, -0.2) is 50.8 Å². The number of imidazole rings is 1. The van der Waals surface area contributed by atoms with Gasteiger partial charge in [-0.25, -0.2) is 4.98 Å². The number of fused-ring (bicyclic) bond motifs is 1. The lowest BCUT2D eigenvalue weighted by Crippen LogP contribution is -2.56. The quantitative estimate of drug-likeness (QED) is 0.723. The maximum atomic E-state index is 13.9. The van der Waals surface area contributed by atoms with E-state index < -0.39 is 0 Å². The van der Waals surface area contributed by atoms with Crippen LogP contribution in [0.2, 0.25) is 0 Å². The fraction of sp³-hybridized carbons (Fsp3) is 0.708. The van der Waals surface area contributed by atoms with Crippen LogP contribution in [0.4, 0.5) is 0 Å². The summed E-state index contributed by atoms with van der Waals surface area (Å²) in [4.78, 5) is 35.2. The normalized spacial score (nSPS) is 36.4. The number of rotatable bonds is 3. The third-order valence-corrected chi connectivity index (χ3v) is 8.54. The van der Waals surface area contributed by atoms with Crippen LogP contribution >= 0.6 is 0 Å². The van der Waals surface area contributed by atoms with Crippen molar-refractivity contribution in [1.82, 2.24) is 19.4 Å². The van der Waals surface area contributed by atoms with E-state index in [1.807, 2.05) is 23.2 Å². The first-order valence-electron chi connectivity index (χ1n) is 11.8. The van der Waals surface area contributed by atoms with Crippen molar-refractivity contribution in [3.63, 3.8) is 0 Å². The molecule has 4 fully saturated rings. The Morgan fingerprint density at radius 1 is 1.03 bits per heavy atom. The highest BCUT2D eigenvalue weighted by molar-refractivity contribution is 5.84. The van der Waals surface area contributed by atoms with Crippen LogP contribution in [0.15, 0.2) is 18.3 Å². The minimum atomic E-state index is -0.0979. The number of hydrogen-bond acceptors (Lipinski definition) is 3. The molecule has 4 bridgehead atoms. The van der Waals surface area contributed by atoms with Crippen molar-refractivity contribution in [2.45, 2.75) is 64.5 Å². The molecule has 0 spiro atoms. The third kappa shape index (κ3) is 2.86. The molecule has 6 heteroatoms. The molecule has 3 heterocycles. The minimum Gasteiger partial charge on any atom is -0.335 e. The van der Waals surface area contributed by atoms with Crippen molar-refractivity contribution in [3.8, 4) is 0 Å². The molecule has 2 amide bonds. The van der Waals surface area contributed by atoms with E-state index >= 15 is 0 Å². The molecule has 1 unspecified atom stereocenters. The maximum Gasteiger partial charge on any atom is 0.229 e. The summed E-state index contributed by atoms with van der Waals surface area (Å²) in [6.45, 7) is 5.07. The molecule has 0 radical (unpaired) electrons. The van der Waals surface area contributed by atoms with Crippen LogP contribution in [0.1, 0.15) is 63.0 Å². The first-order valence-corrected chi connectivity index (χ1v) is 11.8. The molecule has 160 valence electrons. The number of nitrogens with zero attached hydrogens (tertiary/aromatic N) is 4. The zero-order valence-electron chi connectivity index (χ0n) is 17.9. The van der Waals surface area contributed by atoms with Gasteiger partial charge in [0.1, 0.15) is 5.82 Å². The van der Waals surface area contributed by atoms with Gasteiger partial charge in [-0.15, -0.1) is 0 Å². The summed E-state index contributed by atoms with van der Waals surface area (Å²) >= 11 is 0. The third-order valence-electron chi connectivity index (χ3n) is 8.54. The zero-order chi connectivity index (χ0) is 20.5. The molecule has 0 aromatic carbocycles. The molecule has 4 aliphatic carbocycles. The van der Waals surface area contributed by atoms with Crippen molar-refractivity contribution < 1.29 is 9.59 Å². The Labute approximate surface area is 178 Å². The Balaban J connectivity index is 1.20. The molecule has 1 aromatic rings. The molecule has 0 N–H and O–H groups in total. The first-order chi connectivity index (χ1) is 14.5. The van der Waals surface area contributed by atoms with Crippen LogP contribution in [0.25, 0.3) is 0 Å². The van der Waals surface area contributed by atoms with Gasteiger partial charge in [0.15, 0.2) is 0 Å². The van der Waals surface area contributed by atoms with Gasteiger partial charge in [0, 0.05) is 32.4 Å². The summed E-state index contributed by atoms with van der Waals surface area (Å²) < 4.78 is 2.17. The van der Waals surface area contributed by atoms with Gasteiger partial charge in [0.2, 0.25) is 11.8 Å². The highest BCUT2D eigenvalue weighted by atomic mass is 16.2. The van der Waals surface area contributed by atoms with Crippen LogP contribution in [-0.2, 0) is 22.6 Å². The van der Waals surface area contributed by atoms with Gasteiger partial charge < -0.3 is 14.4 Å². The number of carbonyl (C=O) groups is 2. The number of carbonyl (C=O) groups excluding carboxylic acids is 2. The molecule has 30 heavy (non-hydrogen) atoms. The summed E-state index contributed by atoms with van der Waals surface area (Å²) in [6, 6.07) is -0.0171. The lowest BCUT2D eigenvalue weighted by atomic mass is 9.49. The molecule has 7 rings (SSSR count). The van der Waals surface area contributed by atoms with E-state index in [1.54, 1.807) is 0 Å². The number of aromatic nitrogens is 2. The molecule has 0 saturated heterocycles. The monoisotopic (exact) mass is 408 g/mol. The Morgan fingerprint density at radius 2 is 1.67 bits per heavy atom. The lowest BCUT2D eigenvalue weighted by Gasteiger charge is -2.57. The molecule has 1 atom stereocenters. The van der Waals surface area contributed by atoms with Crippen molar-refractivity contribution in [2.75, 3.05) is 19.6 Å². The molecule has 6 aliphatic rings. The standard InChI is InChI=1S/C24H32N4O2/c1-16-22-25-20(11-21(29)26-4-2-3-5-26)15-27(22)6-7-28(16)23(30)24-12-17-8-18(13-24)10-19(9-17)14-24/h2-3,15-19H,4-14H2,1H3. The van der Waals surface area contributed by atoms with E-state index in [0.29, 0.717) is 25.4 Å². The van der Waals surface area contributed by atoms with Gasteiger partial charge in [0.25, 0.3) is 0 Å². The van der Waals surface area contributed by atoms with Crippen LogP contribution < -0.4 is 0 Å². The Hall–Kier alpha value is -2.11. The second kappa shape index (κ2) is 6.69. The average Bonchev–Trinajstić information content (AvgIpc) is 3.37. The molecule has 2 aliphatic heterocycles. The molecular weight excluding hydrogens is 376 g/mol. The van der Waals surface area contributed by atoms with Crippen LogP contribution in [0.5, 0.6) is 0 Å². The number of hydrogen-bond donors (Lipinski definition) is 0. The summed E-state index contributed by atoms with van der Waals surface area (Å²) in [6.07, 6.45) is 13.8. The molecular formula is C24H32N4O2. The summed E-state index contributed by atoms with van der Waals surface area (Å²) in [5.41, 5.74) is 0.733. The van der Waals surface area contributed by atoms with E-state index in [4.69, 9.17) is 4.98 Å². The summed E-state index contributed by atoms with van der Waals surface area (Å²) in [5.74, 6) is 3.80. The Bertz CT molecular complexity index is 873. The van der Waals surface area contributed by atoms with Crippen molar-refractivity contribution >= 4 is 11.8 Å². The molecule has 6 nitrogen and oxygen atoms in total. The van der Waals surface area contributed by atoms with E-state index in [0.717, 1.165) is 61.6 Å². The smallest absolute Gasteiger partial charge is 0.229 e. The van der Waals surface area contributed by atoms with Gasteiger partial charge in [0.05, 0.1) is 23.6 Å². The largest absolute Gasteiger partial charge is 0.335 e. The van der Waals surface area contributed by atoms with Gasteiger partial charge in [-0.2, -0.15) is 0 Å². The van der Waals surface area contributed by atoms with E-state index in [1.165, 1.54) is 19.3 Å². The van der Waals surface area contributed by atoms with E-state index in [-0.39, 0.29) is 17.4 Å². The fourth-order valence-electron chi connectivity index (χ4n) is 7.54. The van der Waals surface area contributed by atoms with E-state index in [2.05, 4.69) is 16.4 Å². The van der Waals surface area contributed by atoms with Gasteiger partial charge in [-0.3, -0.25) is 9.59 Å². The van der Waals surface area contributed by atoms with Crippen molar-refractivity contribution in [3.05, 3.63) is 29.9 Å². The highest BCUT2D eigenvalue weighted by Gasteiger charge is 2.56. The second-order valence-electron chi connectivity index (χ2n) is 10.6. The Morgan fingerprint density at radius 3 is 2.30 bits per heavy atom. The average molecular weight is 409 g/mol. The van der Waals surface area contributed by atoms with Crippen LogP contribution in [0, 0.1) is 23.2 Å². The molecule has 1 aromatic heterocycles. The van der Waals surface area contributed by atoms with Gasteiger partial charge in [-0.1, -0.05) is 12.2 Å². The topological polar surface area (TPSA) is 58.4 Å². The highest BCUT2D eigenvalue weighted by Crippen LogP contribution is 2.61. The Kier molecular flexibility index (Phi) is 4.16. The first kappa shape index (κ1) is 18.6. The van der Waals surface area contributed by atoms with Gasteiger partial charge in [-0.05, 0) is 63.2 Å². The molecule has 4 saturated carbocycles. The fourth-order valence-corrected chi connectivity index (χ4v) is 7.54.